The number of rotatable bonds is 5. The molecule has 0 aliphatic carbocycles. The molecule has 0 aliphatic rings. The van der Waals surface area contributed by atoms with Gasteiger partial charge in [0.1, 0.15) is 5.56 Å². The Kier molecular flexibility index (Phi) is 6.04. The summed E-state index contributed by atoms with van der Waals surface area (Å²) in [6.07, 6.45) is 0. The second-order valence-corrected chi connectivity index (χ2v) is 6.42. The molecule has 0 spiro atoms. The highest BCUT2D eigenvalue weighted by Crippen LogP contribution is 2.31. The van der Waals surface area contributed by atoms with Gasteiger partial charge >= 0.3 is 0 Å². The van der Waals surface area contributed by atoms with Crippen LogP contribution >= 0.6 is 34.8 Å². The molecule has 0 saturated heterocycles. The van der Waals surface area contributed by atoms with Crippen LogP contribution in [-0.2, 0) is 0 Å². The number of nitrogens with one attached hydrogen (secondary N) is 1. The SMILES string of the molecule is CC(CNC(=O)c1cc(Cl)ccc1[N+](=O)[O-])c1c(Cl)cccc1Cl. The van der Waals surface area contributed by atoms with Crippen LogP contribution in [0.25, 0.3) is 0 Å². The molecule has 1 N–H and O–H groups in total. The number of nitro benzene ring substituents is 1. The minimum atomic E-state index is -0.625. The van der Waals surface area contributed by atoms with Crippen LogP contribution in [0.4, 0.5) is 5.69 Å². The molecule has 1 atom stereocenters. The highest BCUT2D eigenvalue weighted by Gasteiger charge is 2.21. The third kappa shape index (κ3) is 4.17. The topological polar surface area (TPSA) is 72.2 Å². The number of hydrogen-bond acceptors (Lipinski definition) is 3. The molecule has 2 aromatic carbocycles. The second-order valence-electron chi connectivity index (χ2n) is 5.16. The average molecular weight is 388 g/mol. The minimum Gasteiger partial charge on any atom is -0.351 e. The van der Waals surface area contributed by atoms with Crippen molar-refractivity contribution in [2.45, 2.75) is 12.8 Å². The van der Waals surface area contributed by atoms with Crippen molar-refractivity contribution >= 4 is 46.4 Å². The van der Waals surface area contributed by atoms with Crippen LogP contribution in [0, 0.1) is 10.1 Å². The molecule has 1 unspecified atom stereocenters. The lowest BCUT2D eigenvalue weighted by Gasteiger charge is -2.16. The molecule has 24 heavy (non-hydrogen) atoms. The normalized spacial score (nSPS) is 11.8. The van der Waals surface area contributed by atoms with Gasteiger partial charge in [0.2, 0.25) is 0 Å². The van der Waals surface area contributed by atoms with Gasteiger partial charge in [-0.15, -0.1) is 0 Å². The van der Waals surface area contributed by atoms with Crippen LogP contribution < -0.4 is 5.32 Å². The van der Waals surface area contributed by atoms with E-state index in [1.807, 2.05) is 6.92 Å². The highest BCUT2D eigenvalue weighted by atomic mass is 35.5. The molecule has 2 rings (SSSR count). The van der Waals surface area contributed by atoms with Gasteiger partial charge in [0.15, 0.2) is 0 Å². The Bertz CT molecular complexity index is 776. The van der Waals surface area contributed by atoms with Crippen molar-refractivity contribution in [2.75, 3.05) is 6.54 Å². The number of halogens is 3. The standard InChI is InChI=1S/C16H13Cl3N2O3/c1-9(15-12(18)3-2-4-13(15)19)8-20-16(22)11-7-10(17)5-6-14(11)21(23)24/h2-7,9H,8H2,1H3,(H,20,22). The van der Waals surface area contributed by atoms with Gasteiger partial charge in [-0.1, -0.05) is 47.8 Å². The maximum absolute atomic E-state index is 12.3. The van der Waals surface area contributed by atoms with E-state index in [4.69, 9.17) is 34.8 Å². The van der Waals surface area contributed by atoms with Gasteiger partial charge in [-0.3, -0.25) is 14.9 Å². The van der Waals surface area contributed by atoms with E-state index in [9.17, 15) is 14.9 Å². The first-order valence-electron chi connectivity index (χ1n) is 6.97. The van der Waals surface area contributed by atoms with Gasteiger partial charge in [0.05, 0.1) is 4.92 Å². The first-order valence-corrected chi connectivity index (χ1v) is 8.10. The van der Waals surface area contributed by atoms with Crippen LogP contribution in [0.1, 0.15) is 28.8 Å². The fraction of sp³-hybridized carbons (Fsp3) is 0.188. The predicted molar refractivity (Wildman–Crippen MR) is 95.3 cm³/mol. The number of carbonyl (C=O) groups excluding carboxylic acids is 1. The summed E-state index contributed by atoms with van der Waals surface area (Å²) in [4.78, 5) is 22.7. The maximum Gasteiger partial charge on any atom is 0.282 e. The van der Waals surface area contributed by atoms with E-state index < -0.39 is 10.8 Å². The van der Waals surface area contributed by atoms with Crippen LogP contribution in [0.15, 0.2) is 36.4 Å². The number of hydrogen-bond donors (Lipinski definition) is 1. The average Bonchev–Trinajstić information content (AvgIpc) is 2.52. The van der Waals surface area contributed by atoms with Crippen molar-refractivity contribution < 1.29 is 9.72 Å². The lowest BCUT2D eigenvalue weighted by atomic mass is 10.0. The maximum atomic E-state index is 12.3. The summed E-state index contributed by atoms with van der Waals surface area (Å²) >= 11 is 18.1. The van der Waals surface area contributed by atoms with Crippen molar-refractivity contribution in [3.8, 4) is 0 Å². The van der Waals surface area contributed by atoms with Crippen LogP contribution in [0.5, 0.6) is 0 Å². The van der Waals surface area contributed by atoms with Crippen LogP contribution in [0.2, 0.25) is 15.1 Å². The Hall–Kier alpha value is -1.82. The van der Waals surface area contributed by atoms with E-state index in [0.29, 0.717) is 15.6 Å². The molecule has 126 valence electrons. The summed E-state index contributed by atoms with van der Waals surface area (Å²) in [6.45, 7) is 2.06. The molecule has 1 amide bonds. The van der Waals surface area contributed by atoms with E-state index in [2.05, 4.69) is 5.32 Å². The second kappa shape index (κ2) is 7.83. The first-order chi connectivity index (χ1) is 11.3. The Labute approximate surface area is 153 Å². The third-order valence-corrected chi connectivity index (χ3v) is 4.36. The van der Waals surface area contributed by atoms with Gasteiger partial charge in [0.25, 0.3) is 11.6 Å². The molecule has 0 saturated carbocycles. The van der Waals surface area contributed by atoms with Crippen molar-refractivity contribution in [1.29, 1.82) is 0 Å². The molecule has 5 nitrogen and oxygen atoms in total. The van der Waals surface area contributed by atoms with E-state index in [0.717, 1.165) is 0 Å². The molecule has 0 bridgehead atoms. The number of carbonyl (C=O) groups is 1. The van der Waals surface area contributed by atoms with Gasteiger partial charge in [0, 0.05) is 33.6 Å². The predicted octanol–water partition coefficient (Wildman–Crippen LogP) is 5.09. The smallest absolute Gasteiger partial charge is 0.282 e. The lowest BCUT2D eigenvalue weighted by Crippen LogP contribution is -2.28. The Morgan fingerprint density at radius 2 is 1.83 bits per heavy atom. The molecule has 0 aromatic heterocycles. The van der Waals surface area contributed by atoms with E-state index >= 15 is 0 Å². The highest BCUT2D eigenvalue weighted by molar-refractivity contribution is 6.36. The summed E-state index contributed by atoms with van der Waals surface area (Å²) in [7, 11) is 0. The fourth-order valence-electron chi connectivity index (χ4n) is 2.27. The Morgan fingerprint density at radius 3 is 2.42 bits per heavy atom. The van der Waals surface area contributed by atoms with Crippen LogP contribution in [-0.4, -0.2) is 17.4 Å². The number of amides is 1. The quantitative estimate of drug-likeness (QED) is 0.574. The first kappa shape index (κ1) is 18.5. The van der Waals surface area contributed by atoms with E-state index in [1.165, 1.54) is 18.2 Å². The summed E-state index contributed by atoms with van der Waals surface area (Å²) in [5.41, 5.74) is 0.312. The molecular weight excluding hydrogens is 375 g/mol. The van der Waals surface area contributed by atoms with Gasteiger partial charge in [-0.05, 0) is 29.8 Å². The zero-order chi connectivity index (χ0) is 17.9. The zero-order valence-electron chi connectivity index (χ0n) is 12.6. The van der Waals surface area contributed by atoms with Crippen molar-refractivity contribution in [2.24, 2.45) is 0 Å². The number of nitrogens with zero attached hydrogens (tertiary/aromatic N) is 1. The Balaban J connectivity index is 2.17. The largest absolute Gasteiger partial charge is 0.351 e. The summed E-state index contributed by atoms with van der Waals surface area (Å²) in [6, 6.07) is 8.98. The molecule has 2 aromatic rings. The van der Waals surface area contributed by atoms with Gasteiger partial charge in [-0.25, -0.2) is 0 Å². The molecule has 0 fully saturated rings. The zero-order valence-corrected chi connectivity index (χ0v) is 14.8. The monoisotopic (exact) mass is 386 g/mol. The van der Waals surface area contributed by atoms with Gasteiger partial charge in [-0.2, -0.15) is 0 Å². The summed E-state index contributed by atoms with van der Waals surface area (Å²) < 4.78 is 0. The van der Waals surface area contributed by atoms with Crippen LogP contribution in [0.3, 0.4) is 0 Å². The molecular formula is C16H13Cl3N2O3. The van der Waals surface area contributed by atoms with E-state index in [1.54, 1.807) is 18.2 Å². The number of benzene rings is 2. The number of nitro groups is 1. The summed E-state index contributed by atoms with van der Waals surface area (Å²) in [5.74, 6) is -0.757. The van der Waals surface area contributed by atoms with Crippen molar-refractivity contribution in [3.05, 3.63) is 72.7 Å². The Morgan fingerprint density at radius 1 is 1.21 bits per heavy atom. The third-order valence-electron chi connectivity index (χ3n) is 3.46. The molecule has 0 radical (unpaired) electrons. The minimum absolute atomic E-state index is 0.0926. The lowest BCUT2D eigenvalue weighted by molar-refractivity contribution is -0.385. The molecule has 0 heterocycles. The fourth-order valence-corrected chi connectivity index (χ4v) is 3.22. The van der Waals surface area contributed by atoms with Crippen molar-refractivity contribution in [3.63, 3.8) is 0 Å². The summed E-state index contributed by atoms with van der Waals surface area (Å²) in [5, 5.41) is 14.9. The van der Waals surface area contributed by atoms with Gasteiger partial charge < -0.3 is 5.32 Å². The van der Waals surface area contributed by atoms with E-state index in [-0.39, 0.29) is 28.7 Å². The molecule has 8 heteroatoms. The van der Waals surface area contributed by atoms with Crippen molar-refractivity contribution in [1.82, 2.24) is 5.32 Å². The molecule has 0 aliphatic heterocycles.